The Hall–Kier alpha value is -2.94. The van der Waals surface area contributed by atoms with Gasteiger partial charge in [0.25, 0.3) is 5.91 Å². The second-order valence-corrected chi connectivity index (χ2v) is 8.91. The molecule has 8 nitrogen and oxygen atoms in total. The van der Waals surface area contributed by atoms with Crippen LogP contribution in [0.2, 0.25) is 0 Å². The summed E-state index contributed by atoms with van der Waals surface area (Å²) in [5.74, 6) is -0.353. The van der Waals surface area contributed by atoms with E-state index in [4.69, 9.17) is 4.74 Å². The lowest BCUT2D eigenvalue weighted by Crippen LogP contribution is -2.49. The lowest BCUT2D eigenvalue weighted by atomic mass is 9.75. The maximum atomic E-state index is 12.9. The molecule has 0 bridgehead atoms. The normalized spacial score (nSPS) is 23.1. The summed E-state index contributed by atoms with van der Waals surface area (Å²) >= 11 is 1.40. The largest absolute Gasteiger partial charge is 0.458 e. The quantitative estimate of drug-likeness (QED) is 0.499. The number of hydrogen-bond donors (Lipinski definition) is 2. The molecule has 0 unspecified atom stereocenters. The van der Waals surface area contributed by atoms with E-state index in [1.54, 1.807) is 5.38 Å². The number of esters is 1. The Balaban J connectivity index is 1.28. The first kappa shape index (κ1) is 21.3. The monoisotopic (exact) mass is 442 g/mol. The molecule has 31 heavy (non-hydrogen) atoms. The first-order chi connectivity index (χ1) is 15.0. The number of benzene rings is 1. The van der Waals surface area contributed by atoms with Gasteiger partial charge in [0, 0.05) is 11.1 Å². The first-order valence-corrected chi connectivity index (χ1v) is 11.4. The molecule has 9 heteroatoms. The molecule has 2 N–H and O–H groups in total. The zero-order valence-corrected chi connectivity index (χ0v) is 18.2. The molecule has 1 saturated heterocycles. The van der Waals surface area contributed by atoms with Gasteiger partial charge in [-0.3, -0.25) is 14.5 Å². The van der Waals surface area contributed by atoms with Crippen molar-refractivity contribution in [2.24, 2.45) is 5.92 Å². The number of urea groups is 1. The molecule has 1 aliphatic heterocycles. The summed E-state index contributed by atoms with van der Waals surface area (Å²) in [4.78, 5) is 42.9. The summed E-state index contributed by atoms with van der Waals surface area (Å²) in [6.45, 7) is 1.74. The second kappa shape index (κ2) is 9.05. The number of imide groups is 1. The minimum absolute atomic E-state index is 0.0151. The minimum Gasteiger partial charge on any atom is -0.458 e. The van der Waals surface area contributed by atoms with Crippen LogP contribution >= 0.6 is 11.3 Å². The number of anilines is 2. The van der Waals surface area contributed by atoms with Crippen LogP contribution in [0.4, 0.5) is 15.6 Å². The summed E-state index contributed by atoms with van der Waals surface area (Å²) in [5, 5.41) is 8.50. The molecule has 1 aromatic heterocycles. The summed E-state index contributed by atoms with van der Waals surface area (Å²) in [7, 11) is 0. The molecular weight excluding hydrogens is 416 g/mol. The van der Waals surface area contributed by atoms with Gasteiger partial charge in [0.2, 0.25) is 0 Å². The van der Waals surface area contributed by atoms with Crippen molar-refractivity contribution in [3.8, 4) is 0 Å². The Labute approximate surface area is 185 Å². The van der Waals surface area contributed by atoms with Crippen molar-refractivity contribution in [1.82, 2.24) is 15.2 Å². The Morgan fingerprint density at radius 1 is 1.29 bits per heavy atom. The summed E-state index contributed by atoms with van der Waals surface area (Å²) in [6.07, 6.45) is 4.14. The molecule has 1 spiro atoms. The number of hydrogen-bond acceptors (Lipinski definition) is 7. The predicted octanol–water partition coefficient (Wildman–Crippen LogP) is 3.82. The zero-order chi connectivity index (χ0) is 21.8. The highest BCUT2D eigenvalue weighted by atomic mass is 32.1. The fourth-order valence-electron chi connectivity index (χ4n) is 4.14. The van der Waals surface area contributed by atoms with E-state index in [9.17, 15) is 14.4 Å². The molecule has 2 aliphatic rings. The maximum absolute atomic E-state index is 12.9. The van der Waals surface area contributed by atoms with Crippen LogP contribution in [0, 0.1) is 5.92 Å². The molecule has 1 aliphatic carbocycles. The van der Waals surface area contributed by atoms with Gasteiger partial charge in [-0.05, 0) is 43.7 Å². The van der Waals surface area contributed by atoms with E-state index in [0.29, 0.717) is 29.6 Å². The topological polar surface area (TPSA) is 101 Å². The number of para-hydroxylation sites is 1. The minimum atomic E-state index is -0.851. The number of ether oxygens (including phenoxy) is 1. The number of rotatable bonds is 7. The van der Waals surface area contributed by atoms with Crippen molar-refractivity contribution < 1.29 is 19.1 Å². The average Bonchev–Trinajstić information content (AvgIpc) is 3.32. The van der Waals surface area contributed by atoms with Gasteiger partial charge in [0.1, 0.15) is 18.7 Å². The van der Waals surface area contributed by atoms with Crippen molar-refractivity contribution in [3.05, 3.63) is 41.4 Å². The van der Waals surface area contributed by atoms with Crippen LogP contribution in [0.1, 0.15) is 44.7 Å². The van der Waals surface area contributed by atoms with Crippen LogP contribution in [0.15, 0.2) is 35.7 Å². The molecule has 3 amide bonds. The summed E-state index contributed by atoms with van der Waals surface area (Å²) < 4.78 is 5.26. The Kier molecular flexibility index (Phi) is 6.22. The third-order valence-corrected chi connectivity index (χ3v) is 6.83. The highest BCUT2D eigenvalue weighted by molar-refractivity contribution is 7.13. The van der Waals surface area contributed by atoms with Crippen LogP contribution in [0.3, 0.4) is 0 Å². The van der Waals surface area contributed by atoms with Crippen molar-refractivity contribution in [1.29, 1.82) is 0 Å². The number of carbonyl (C=O) groups excluding carboxylic acids is 3. The van der Waals surface area contributed by atoms with Crippen molar-refractivity contribution in [2.75, 3.05) is 11.9 Å². The molecule has 0 radical (unpaired) electrons. The first-order valence-electron chi connectivity index (χ1n) is 10.6. The lowest BCUT2D eigenvalue weighted by molar-refractivity contribution is -0.149. The van der Waals surface area contributed by atoms with Gasteiger partial charge < -0.3 is 15.4 Å². The smallest absolute Gasteiger partial charge is 0.326 e. The van der Waals surface area contributed by atoms with Gasteiger partial charge in [-0.15, -0.1) is 11.3 Å². The molecule has 0 atom stereocenters. The average molecular weight is 443 g/mol. The van der Waals surface area contributed by atoms with Crippen molar-refractivity contribution in [2.45, 2.75) is 51.2 Å². The number of aromatic nitrogens is 1. The van der Waals surface area contributed by atoms with E-state index >= 15 is 0 Å². The molecule has 2 heterocycles. The Morgan fingerprint density at radius 3 is 2.74 bits per heavy atom. The SMILES string of the molecule is CCC1CCC2(CC1)NC(=O)N(CC(=O)OCc1csc(Nc3ccccc3)n1)C2=O. The van der Waals surface area contributed by atoms with E-state index in [-0.39, 0.29) is 19.1 Å². The van der Waals surface area contributed by atoms with Crippen LogP contribution in [0.25, 0.3) is 0 Å². The molecule has 1 aromatic carbocycles. The van der Waals surface area contributed by atoms with Gasteiger partial charge >= 0.3 is 12.0 Å². The lowest BCUT2D eigenvalue weighted by Gasteiger charge is -2.34. The second-order valence-electron chi connectivity index (χ2n) is 8.05. The molecule has 164 valence electrons. The van der Waals surface area contributed by atoms with Gasteiger partial charge in [0.15, 0.2) is 5.13 Å². The number of amides is 3. The number of nitrogens with one attached hydrogen (secondary N) is 2. The fraction of sp³-hybridized carbons (Fsp3) is 0.455. The van der Waals surface area contributed by atoms with Gasteiger partial charge in [-0.25, -0.2) is 9.78 Å². The highest BCUT2D eigenvalue weighted by Crippen LogP contribution is 2.37. The van der Waals surface area contributed by atoms with Crippen LogP contribution in [-0.2, 0) is 20.9 Å². The molecule has 4 rings (SSSR count). The van der Waals surface area contributed by atoms with Crippen molar-refractivity contribution in [3.63, 3.8) is 0 Å². The summed E-state index contributed by atoms with van der Waals surface area (Å²) in [5.41, 5.74) is 0.667. The van der Waals surface area contributed by atoms with E-state index < -0.39 is 17.5 Å². The van der Waals surface area contributed by atoms with Crippen LogP contribution in [-0.4, -0.2) is 39.9 Å². The third kappa shape index (κ3) is 4.71. The van der Waals surface area contributed by atoms with E-state index in [2.05, 4.69) is 22.5 Å². The van der Waals surface area contributed by atoms with E-state index in [1.165, 1.54) is 11.3 Å². The van der Waals surface area contributed by atoms with Crippen LogP contribution in [0.5, 0.6) is 0 Å². The van der Waals surface area contributed by atoms with Gasteiger partial charge in [-0.1, -0.05) is 31.5 Å². The molecule has 2 aromatic rings. The number of nitrogens with zero attached hydrogens (tertiary/aromatic N) is 2. The third-order valence-electron chi connectivity index (χ3n) is 6.03. The standard InChI is InChI=1S/C22H26N4O4S/c1-2-15-8-10-22(11-9-15)19(28)26(21(29)25-22)12-18(27)30-13-17-14-31-20(24-17)23-16-6-4-3-5-7-16/h3-7,14-15H,2,8-13H2,1H3,(H,23,24)(H,25,29). The maximum Gasteiger partial charge on any atom is 0.326 e. The van der Waals surface area contributed by atoms with Crippen LogP contribution < -0.4 is 10.6 Å². The molecule has 2 fully saturated rings. The Bertz CT molecular complexity index is 953. The van der Waals surface area contributed by atoms with E-state index in [1.807, 2.05) is 30.3 Å². The zero-order valence-electron chi connectivity index (χ0n) is 17.4. The number of carbonyl (C=O) groups is 3. The highest BCUT2D eigenvalue weighted by Gasteiger charge is 2.52. The van der Waals surface area contributed by atoms with E-state index in [0.717, 1.165) is 29.8 Å². The summed E-state index contributed by atoms with van der Waals surface area (Å²) in [6, 6.07) is 9.13. The van der Waals surface area contributed by atoms with Crippen molar-refractivity contribution >= 4 is 40.1 Å². The fourth-order valence-corrected chi connectivity index (χ4v) is 4.86. The molecular formula is C22H26N4O4S. The van der Waals surface area contributed by atoms with Gasteiger partial charge in [-0.2, -0.15) is 0 Å². The number of thiazole rings is 1. The Morgan fingerprint density at radius 2 is 2.03 bits per heavy atom. The predicted molar refractivity (Wildman–Crippen MR) is 117 cm³/mol. The molecule has 1 saturated carbocycles. The van der Waals surface area contributed by atoms with Gasteiger partial charge in [0.05, 0.1) is 5.69 Å².